The van der Waals surface area contributed by atoms with Gasteiger partial charge in [0.25, 0.3) is 0 Å². The van der Waals surface area contributed by atoms with Crippen LogP contribution in [-0.4, -0.2) is 43.7 Å². The van der Waals surface area contributed by atoms with Crippen LogP contribution in [0.4, 0.5) is 0 Å². The van der Waals surface area contributed by atoms with E-state index in [4.69, 9.17) is 4.74 Å². The second-order valence-corrected chi connectivity index (χ2v) is 5.88. The summed E-state index contributed by atoms with van der Waals surface area (Å²) in [7, 11) is 0. The Morgan fingerprint density at radius 1 is 1.44 bits per heavy atom. The highest BCUT2D eigenvalue weighted by molar-refractivity contribution is 14.1. The Morgan fingerprint density at radius 2 is 2.28 bits per heavy atom. The van der Waals surface area contributed by atoms with E-state index in [0.717, 1.165) is 45.0 Å². The molecule has 1 N–H and O–H groups in total. The molecule has 1 fully saturated rings. The molecule has 1 saturated heterocycles. The predicted molar refractivity (Wildman–Crippen MR) is 83.2 cm³/mol. The number of benzene rings is 1. The van der Waals surface area contributed by atoms with Crippen LogP contribution in [0.5, 0.6) is 5.75 Å². The zero-order valence-electron chi connectivity index (χ0n) is 10.9. The molecule has 4 heteroatoms. The van der Waals surface area contributed by atoms with Crippen molar-refractivity contribution in [3.8, 4) is 5.75 Å². The predicted octanol–water partition coefficient (Wildman–Crippen LogP) is 2.35. The molecule has 2 rings (SSSR count). The molecule has 0 spiro atoms. The smallest absolute Gasteiger partial charge is 0.132 e. The Bertz CT molecular complexity index is 373. The summed E-state index contributed by atoms with van der Waals surface area (Å²) in [4.78, 5) is 2.54. The van der Waals surface area contributed by atoms with E-state index >= 15 is 0 Å². The van der Waals surface area contributed by atoms with Gasteiger partial charge in [-0.15, -0.1) is 0 Å². The van der Waals surface area contributed by atoms with Gasteiger partial charge in [0, 0.05) is 32.2 Å². The van der Waals surface area contributed by atoms with Crippen molar-refractivity contribution >= 4 is 22.6 Å². The van der Waals surface area contributed by atoms with Crippen LogP contribution in [0, 0.1) is 3.57 Å². The third-order valence-electron chi connectivity index (χ3n) is 3.32. The topological polar surface area (TPSA) is 24.5 Å². The van der Waals surface area contributed by atoms with Gasteiger partial charge in [-0.05, 0) is 48.1 Å². The lowest BCUT2D eigenvalue weighted by molar-refractivity contribution is 0.160. The fourth-order valence-electron chi connectivity index (χ4n) is 2.23. The van der Waals surface area contributed by atoms with Gasteiger partial charge in [0.2, 0.25) is 0 Å². The summed E-state index contributed by atoms with van der Waals surface area (Å²) in [5.74, 6) is 1.01. The second kappa shape index (κ2) is 7.31. The molecule has 3 nitrogen and oxygen atoms in total. The number of piperazine rings is 1. The standard InChI is InChI=1S/C14H21IN2O/c1-12-11-16-7-9-17(12)8-4-10-18-14-6-3-2-5-13(14)15/h2-3,5-6,12,16H,4,7-11H2,1H3/t12-/m1/s1. The van der Waals surface area contributed by atoms with E-state index in [2.05, 4.69) is 45.8 Å². The summed E-state index contributed by atoms with van der Waals surface area (Å²) in [6, 6.07) is 8.83. The van der Waals surface area contributed by atoms with E-state index in [9.17, 15) is 0 Å². The van der Waals surface area contributed by atoms with Gasteiger partial charge < -0.3 is 10.1 Å². The van der Waals surface area contributed by atoms with E-state index in [1.807, 2.05) is 18.2 Å². The molecule has 1 aliphatic heterocycles. The average Bonchev–Trinajstić information content (AvgIpc) is 2.38. The monoisotopic (exact) mass is 360 g/mol. The van der Waals surface area contributed by atoms with Crippen molar-refractivity contribution < 1.29 is 4.74 Å². The van der Waals surface area contributed by atoms with E-state index in [-0.39, 0.29) is 0 Å². The van der Waals surface area contributed by atoms with Crippen LogP contribution in [0.25, 0.3) is 0 Å². The largest absolute Gasteiger partial charge is 0.492 e. The maximum Gasteiger partial charge on any atom is 0.132 e. The fourth-order valence-corrected chi connectivity index (χ4v) is 2.77. The van der Waals surface area contributed by atoms with Crippen LogP contribution in [0.3, 0.4) is 0 Å². The molecule has 0 saturated carbocycles. The molecular weight excluding hydrogens is 339 g/mol. The third kappa shape index (κ3) is 4.10. The molecule has 1 atom stereocenters. The number of hydrogen-bond acceptors (Lipinski definition) is 3. The van der Waals surface area contributed by atoms with Crippen molar-refractivity contribution in [2.24, 2.45) is 0 Å². The van der Waals surface area contributed by atoms with E-state index in [1.165, 1.54) is 3.57 Å². The Hall–Kier alpha value is -0.330. The molecule has 1 aliphatic rings. The number of nitrogens with one attached hydrogen (secondary N) is 1. The summed E-state index contributed by atoms with van der Waals surface area (Å²) in [5.41, 5.74) is 0. The first kappa shape index (κ1) is 14.1. The highest BCUT2D eigenvalue weighted by Gasteiger charge is 2.16. The van der Waals surface area contributed by atoms with Crippen molar-refractivity contribution in [1.29, 1.82) is 0 Å². The molecule has 18 heavy (non-hydrogen) atoms. The van der Waals surface area contributed by atoms with Gasteiger partial charge in [-0.2, -0.15) is 0 Å². The normalized spacial score (nSPS) is 20.9. The van der Waals surface area contributed by atoms with Crippen LogP contribution in [0.1, 0.15) is 13.3 Å². The molecule has 100 valence electrons. The lowest BCUT2D eigenvalue weighted by Gasteiger charge is -2.33. The molecule has 0 aliphatic carbocycles. The Kier molecular flexibility index (Phi) is 5.72. The fraction of sp³-hybridized carbons (Fsp3) is 0.571. The summed E-state index contributed by atoms with van der Waals surface area (Å²) in [6.07, 6.45) is 1.09. The van der Waals surface area contributed by atoms with Gasteiger partial charge in [-0.3, -0.25) is 4.90 Å². The quantitative estimate of drug-likeness (QED) is 0.645. The molecule has 0 bridgehead atoms. The molecule has 0 amide bonds. The van der Waals surface area contributed by atoms with Gasteiger partial charge in [0.1, 0.15) is 5.75 Å². The highest BCUT2D eigenvalue weighted by Crippen LogP contribution is 2.19. The highest BCUT2D eigenvalue weighted by atomic mass is 127. The van der Waals surface area contributed by atoms with Gasteiger partial charge in [0.15, 0.2) is 0 Å². The summed E-state index contributed by atoms with van der Waals surface area (Å²) >= 11 is 2.31. The zero-order chi connectivity index (χ0) is 12.8. The summed E-state index contributed by atoms with van der Waals surface area (Å²) in [5, 5.41) is 3.41. The van der Waals surface area contributed by atoms with Gasteiger partial charge >= 0.3 is 0 Å². The molecule has 0 radical (unpaired) electrons. The lowest BCUT2D eigenvalue weighted by atomic mass is 10.2. The number of nitrogens with zero attached hydrogens (tertiary/aromatic N) is 1. The Labute approximate surface area is 123 Å². The Balaban J connectivity index is 1.68. The van der Waals surface area contributed by atoms with Crippen molar-refractivity contribution in [3.05, 3.63) is 27.8 Å². The first-order valence-corrected chi connectivity index (χ1v) is 7.67. The van der Waals surface area contributed by atoms with Crippen LogP contribution in [0.2, 0.25) is 0 Å². The minimum absolute atomic E-state index is 0.649. The SMILES string of the molecule is C[C@@H]1CNCCN1CCCOc1ccccc1I. The number of para-hydroxylation sites is 1. The van der Waals surface area contributed by atoms with Crippen LogP contribution in [-0.2, 0) is 0 Å². The molecule has 0 unspecified atom stereocenters. The number of hydrogen-bond donors (Lipinski definition) is 1. The van der Waals surface area contributed by atoms with Crippen LogP contribution in [0.15, 0.2) is 24.3 Å². The van der Waals surface area contributed by atoms with Crippen LogP contribution >= 0.6 is 22.6 Å². The number of rotatable bonds is 5. The van der Waals surface area contributed by atoms with Crippen molar-refractivity contribution in [3.63, 3.8) is 0 Å². The second-order valence-electron chi connectivity index (χ2n) is 4.72. The number of ether oxygens (including phenoxy) is 1. The first-order valence-electron chi connectivity index (χ1n) is 6.59. The third-order valence-corrected chi connectivity index (χ3v) is 4.21. The van der Waals surface area contributed by atoms with Crippen LogP contribution < -0.4 is 10.1 Å². The van der Waals surface area contributed by atoms with Gasteiger partial charge in [-0.1, -0.05) is 12.1 Å². The summed E-state index contributed by atoms with van der Waals surface area (Å²) < 4.78 is 7.00. The van der Waals surface area contributed by atoms with E-state index in [0.29, 0.717) is 6.04 Å². The zero-order valence-corrected chi connectivity index (χ0v) is 13.0. The van der Waals surface area contributed by atoms with E-state index in [1.54, 1.807) is 0 Å². The van der Waals surface area contributed by atoms with Gasteiger partial charge in [0.05, 0.1) is 10.2 Å². The molecule has 0 aromatic heterocycles. The van der Waals surface area contributed by atoms with Crippen molar-refractivity contribution in [1.82, 2.24) is 10.2 Å². The lowest BCUT2D eigenvalue weighted by Crippen LogP contribution is -2.50. The maximum atomic E-state index is 5.81. The average molecular weight is 360 g/mol. The Morgan fingerprint density at radius 3 is 3.06 bits per heavy atom. The summed E-state index contributed by atoms with van der Waals surface area (Å²) in [6.45, 7) is 7.60. The van der Waals surface area contributed by atoms with E-state index < -0.39 is 0 Å². The molecular formula is C14H21IN2O. The van der Waals surface area contributed by atoms with Crippen molar-refractivity contribution in [2.45, 2.75) is 19.4 Å². The molecule has 1 aromatic rings. The van der Waals surface area contributed by atoms with Gasteiger partial charge in [-0.25, -0.2) is 0 Å². The minimum Gasteiger partial charge on any atom is -0.492 e. The molecule has 1 heterocycles. The number of halogens is 1. The molecule has 1 aromatic carbocycles. The minimum atomic E-state index is 0.649. The first-order chi connectivity index (χ1) is 8.77. The van der Waals surface area contributed by atoms with Crippen molar-refractivity contribution in [2.75, 3.05) is 32.8 Å². The maximum absolute atomic E-state index is 5.81.